The van der Waals surface area contributed by atoms with Crippen LogP contribution in [-0.2, 0) is 16.1 Å². The third-order valence-electron chi connectivity index (χ3n) is 4.25. The zero-order chi connectivity index (χ0) is 19.2. The Balaban J connectivity index is 1.69. The third kappa shape index (κ3) is 5.04. The van der Waals surface area contributed by atoms with E-state index >= 15 is 0 Å². The number of hydrogen-bond donors (Lipinski definition) is 1. The molecule has 2 aromatic rings. The molecule has 7 heteroatoms. The zero-order valence-electron chi connectivity index (χ0n) is 14.6. The van der Waals surface area contributed by atoms with Gasteiger partial charge in [0.2, 0.25) is 0 Å². The van der Waals surface area contributed by atoms with Gasteiger partial charge in [0, 0.05) is 13.1 Å². The number of ether oxygens (including phenoxy) is 2. The van der Waals surface area contributed by atoms with Crippen molar-refractivity contribution in [2.75, 3.05) is 19.7 Å². The second-order valence-electron chi connectivity index (χ2n) is 6.25. The molecule has 1 aliphatic rings. The van der Waals surface area contributed by atoms with Crippen molar-refractivity contribution >= 4 is 11.9 Å². The summed E-state index contributed by atoms with van der Waals surface area (Å²) in [6.45, 7) is 1.11. The van der Waals surface area contributed by atoms with Gasteiger partial charge >= 0.3 is 5.97 Å². The van der Waals surface area contributed by atoms with Gasteiger partial charge in [-0.3, -0.25) is 9.59 Å². The number of carbonyl (C=O) groups excluding carboxylic acids is 1. The molecule has 1 atom stereocenters. The molecule has 6 nitrogen and oxygen atoms in total. The van der Waals surface area contributed by atoms with Gasteiger partial charge in [-0.2, -0.15) is 0 Å². The van der Waals surface area contributed by atoms with Crippen LogP contribution in [0.25, 0.3) is 0 Å². The van der Waals surface area contributed by atoms with Crippen molar-refractivity contribution in [1.29, 1.82) is 0 Å². The van der Waals surface area contributed by atoms with Gasteiger partial charge in [-0.15, -0.1) is 0 Å². The molecular formula is C20H20FNO5. The number of benzene rings is 2. The quantitative estimate of drug-likeness (QED) is 0.843. The summed E-state index contributed by atoms with van der Waals surface area (Å²) in [5.74, 6) is -1.09. The second-order valence-corrected chi connectivity index (χ2v) is 6.25. The number of amides is 1. The fraction of sp³-hybridized carbons (Fsp3) is 0.300. The van der Waals surface area contributed by atoms with Crippen molar-refractivity contribution in [3.63, 3.8) is 0 Å². The SMILES string of the molecule is O=C(O)C[C@@H]1CN(C(=O)c2ccccc2OCc2ccc(F)cc2)CCO1. The van der Waals surface area contributed by atoms with Crippen LogP contribution < -0.4 is 4.74 Å². The Morgan fingerprint density at radius 1 is 1.19 bits per heavy atom. The first kappa shape index (κ1) is 18.8. The number of aliphatic carboxylic acids is 1. The van der Waals surface area contributed by atoms with Crippen LogP contribution in [0.3, 0.4) is 0 Å². The van der Waals surface area contributed by atoms with Gasteiger partial charge in [0.05, 0.1) is 24.7 Å². The Kier molecular flexibility index (Phi) is 6.03. The highest BCUT2D eigenvalue weighted by Crippen LogP contribution is 2.23. The van der Waals surface area contributed by atoms with Gasteiger partial charge in [0.1, 0.15) is 18.2 Å². The topological polar surface area (TPSA) is 76.1 Å². The smallest absolute Gasteiger partial charge is 0.306 e. The van der Waals surface area contributed by atoms with E-state index in [1.165, 1.54) is 12.1 Å². The Labute approximate surface area is 156 Å². The summed E-state index contributed by atoms with van der Waals surface area (Å²) in [5, 5.41) is 8.92. The third-order valence-corrected chi connectivity index (χ3v) is 4.25. The van der Waals surface area contributed by atoms with E-state index in [0.29, 0.717) is 24.5 Å². The summed E-state index contributed by atoms with van der Waals surface area (Å²) in [5.41, 5.74) is 1.18. The molecule has 27 heavy (non-hydrogen) atoms. The molecule has 1 fully saturated rings. The number of para-hydroxylation sites is 1. The summed E-state index contributed by atoms with van der Waals surface area (Å²) >= 11 is 0. The minimum absolute atomic E-state index is 0.146. The van der Waals surface area contributed by atoms with Crippen LogP contribution in [0.1, 0.15) is 22.3 Å². The van der Waals surface area contributed by atoms with E-state index in [0.717, 1.165) is 5.56 Å². The van der Waals surface area contributed by atoms with Crippen LogP contribution in [0.5, 0.6) is 5.75 Å². The molecule has 1 amide bonds. The summed E-state index contributed by atoms with van der Waals surface area (Å²) in [6, 6.07) is 12.8. The molecule has 1 N–H and O–H groups in total. The van der Waals surface area contributed by atoms with Gasteiger partial charge in [-0.05, 0) is 29.8 Å². The Morgan fingerprint density at radius 3 is 2.67 bits per heavy atom. The molecule has 1 heterocycles. The van der Waals surface area contributed by atoms with Crippen LogP contribution in [0.2, 0.25) is 0 Å². The van der Waals surface area contributed by atoms with Gasteiger partial charge in [0.25, 0.3) is 5.91 Å². The van der Waals surface area contributed by atoms with Gasteiger partial charge in [0.15, 0.2) is 0 Å². The van der Waals surface area contributed by atoms with Gasteiger partial charge < -0.3 is 19.5 Å². The number of rotatable bonds is 6. The predicted molar refractivity (Wildman–Crippen MR) is 95.1 cm³/mol. The predicted octanol–water partition coefficient (Wildman–Crippen LogP) is 2.72. The fourth-order valence-corrected chi connectivity index (χ4v) is 2.90. The molecule has 0 bridgehead atoms. The highest BCUT2D eigenvalue weighted by atomic mass is 19.1. The molecule has 0 aromatic heterocycles. The van der Waals surface area contributed by atoms with Crippen molar-refractivity contribution in [3.05, 3.63) is 65.5 Å². The van der Waals surface area contributed by atoms with Crippen molar-refractivity contribution in [1.82, 2.24) is 4.90 Å². The average Bonchev–Trinajstić information content (AvgIpc) is 2.67. The van der Waals surface area contributed by atoms with E-state index in [9.17, 15) is 14.0 Å². The molecule has 0 spiro atoms. The lowest BCUT2D eigenvalue weighted by atomic mass is 10.1. The summed E-state index contributed by atoms with van der Waals surface area (Å²) in [4.78, 5) is 25.4. The van der Waals surface area contributed by atoms with Crippen LogP contribution in [0.15, 0.2) is 48.5 Å². The molecule has 0 unspecified atom stereocenters. The van der Waals surface area contributed by atoms with Crippen molar-refractivity contribution in [2.24, 2.45) is 0 Å². The number of carbonyl (C=O) groups is 2. The number of morpholine rings is 1. The molecule has 1 aliphatic heterocycles. The van der Waals surface area contributed by atoms with Crippen LogP contribution >= 0.6 is 0 Å². The second kappa shape index (κ2) is 8.64. The van der Waals surface area contributed by atoms with E-state index in [4.69, 9.17) is 14.6 Å². The molecule has 142 valence electrons. The normalized spacial score (nSPS) is 16.8. The lowest BCUT2D eigenvalue weighted by Crippen LogP contribution is -2.46. The first-order valence-electron chi connectivity index (χ1n) is 8.62. The maximum atomic E-state index is 13.0. The standard InChI is InChI=1S/C20H20FNO5/c21-15-7-5-14(6-8-15)13-27-18-4-2-1-3-17(18)20(25)22-9-10-26-16(12-22)11-19(23)24/h1-8,16H,9-13H2,(H,23,24)/t16-/m1/s1. The Morgan fingerprint density at radius 2 is 1.93 bits per heavy atom. The molecule has 1 saturated heterocycles. The molecule has 0 saturated carbocycles. The summed E-state index contributed by atoms with van der Waals surface area (Å²) in [7, 11) is 0. The number of carboxylic acids is 1. The monoisotopic (exact) mass is 373 g/mol. The minimum Gasteiger partial charge on any atom is -0.488 e. The van der Waals surface area contributed by atoms with Crippen molar-refractivity contribution in [3.8, 4) is 5.75 Å². The zero-order valence-corrected chi connectivity index (χ0v) is 14.6. The maximum Gasteiger partial charge on any atom is 0.306 e. The van der Waals surface area contributed by atoms with E-state index in [1.807, 2.05) is 0 Å². The van der Waals surface area contributed by atoms with Crippen LogP contribution in [-0.4, -0.2) is 47.7 Å². The molecule has 2 aromatic carbocycles. The van der Waals surface area contributed by atoms with E-state index in [-0.39, 0.29) is 31.3 Å². The van der Waals surface area contributed by atoms with Crippen molar-refractivity contribution < 1.29 is 28.6 Å². The number of hydrogen-bond acceptors (Lipinski definition) is 4. The van der Waals surface area contributed by atoms with Gasteiger partial charge in [-0.1, -0.05) is 24.3 Å². The highest BCUT2D eigenvalue weighted by Gasteiger charge is 2.28. The number of nitrogens with zero attached hydrogens (tertiary/aromatic N) is 1. The van der Waals surface area contributed by atoms with Crippen molar-refractivity contribution in [2.45, 2.75) is 19.1 Å². The minimum atomic E-state index is -0.961. The van der Waals surface area contributed by atoms with Crippen LogP contribution in [0, 0.1) is 5.82 Å². The lowest BCUT2D eigenvalue weighted by molar-refractivity contribution is -0.141. The summed E-state index contributed by atoms with van der Waals surface area (Å²) < 4.78 is 24.2. The molecule has 0 aliphatic carbocycles. The molecule has 0 radical (unpaired) electrons. The molecule has 3 rings (SSSR count). The first-order valence-corrected chi connectivity index (χ1v) is 8.62. The fourth-order valence-electron chi connectivity index (χ4n) is 2.90. The first-order chi connectivity index (χ1) is 13.0. The van der Waals surface area contributed by atoms with E-state index in [1.54, 1.807) is 41.3 Å². The summed E-state index contributed by atoms with van der Waals surface area (Å²) in [6.07, 6.45) is -0.667. The number of halogens is 1. The molecular weight excluding hydrogens is 353 g/mol. The lowest BCUT2D eigenvalue weighted by Gasteiger charge is -2.32. The Hall–Kier alpha value is -2.93. The van der Waals surface area contributed by atoms with E-state index in [2.05, 4.69) is 0 Å². The van der Waals surface area contributed by atoms with E-state index < -0.39 is 12.1 Å². The Bertz CT molecular complexity index is 808. The highest BCUT2D eigenvalue weighted by molar-refractivity contribution is 5.97. The average molecular weight is 373 g/mol. The largest absolute Gasteiger partial charge is 0.488 e. The number of carboxylic acid groups (broad SMARTS) is 1. The van der Waals surface area contributed by atoms with Gasteiger partial charge in [-0.25, -0.2) is 4.39 Å². The van der Waals surface area contributed by atoms with Crippen LogP contribution in [0.4, 0.5) is 4.39 Å². The maximum absolute atomic E-state index is 13.0.